The van der Waals surface area contributed by atoms with E-state index in [9.17, 15) is 14.9 Å². The van der Waals surface area contributed by atoms with E-state index >= 15 is 0 Å². The van der Waals surface area contributed by atoms with Crippen LogP contribution >= 0.6 is 22.9 Å². The molecule has 0 unspecified atom stereocenters. The van der Waals surface area contributed by atoms with E-state index in [-0.39, 0.29) is 16.5 Å². The molecule has 2 rings (SSSR count). The minimum atomic E-state index is -0.631. The van der Waals surface area contributed by atoms with Gasteiger partial charge in [-0.05, 0) is 23.6 Å². The zero-order valence-corrected chi connectivity index (χ0v) is 12.6. The summed E-state index contributed by atoms with van der Waals surface area (Å²) in [5.41, 5.74) is 1.96. The number of ether oxygens (including phenoxy) is 1. The predicted molar refractivity (Wildman–Crippen MR) is 83.7 cm³/mol. The summed E-state index contributed by atoms with van der Waals surface area (Å²) in [6.07, 6.45) is 1.49. The normalized spacial score (nSPS) is 10.6. The molecule has 0 radical (unpaired) electrons. The van der Waals surface area contributed by atoms with Gasteiger partial charge < -0.3 is 4.74 Å². The molecule has 7 nitrogen and oxygen atoms in total. The van der Waals surface area contributed by atoms with Crippen LogP contribution in [0.5, 0.6) is 5.75 Å². The van der Waals surface area contributed by atoms with Crippen LogP contribution in [0.25, 0.3) is 0 Å². The first-order valence-electron chi connectivity index (χ1n) is 5.98. The fraction of sp³-hybridized carbons (Fsp3) is 0.0769. The lowest BCUT2D eigenvalue weighted by Gasteiger charge is -2.05. The smallest absolute Gasteiger partial charge is 0.312 e. The number of nitrogens with one attached hydrogen (secondary N) is 1. The minimum Gasteiger partial charge on any atom is -0.477 e. The van der Waals surface area contributed by atoms with E-state index in [1.54, 1.807) is 0 Å². The Hall–Kier alpha value is -2.45. The number of nitro groups is 1. The fourth-order valence-corrected chi connectivity index (χ4v) is 2.21. The summed E-state index contributed by atoms with van der Waals surface area (Å²) in [6, 6.07) is 7.63. The molecular formula is C13H10ClN3O4S. The van der Waals surface area contributed by atoms with E-state index in [1.807, 2.05) is 17.5 Å². The Morgan fingerprint density at radius 2 is 2.32 bits per heavy atom. The Balaban J connectivity index is 1.90. The molecule has 0 aliphatic carbocycles. The first-order valence-corrected chi connectivity index (χ1v) is 7.24. The number of thiophene rings is 1. The maximum Gasteiger partial charge on any atom is 0.312 e. The van der Waals surface area contributed by atoms with Gasteiger partial charge in [0.2, 0.25) is 0 Å². The van der Waals surface area contributed by atoms with Gasteiger partial charge in [0.05, 0.1) is 11.1 Å². The third-order valence-electron chi connectivity index (χ3n) is 2.40. The van der Waals surface area contributed by atoms with Gasteiger partial charge in [-0.15, -0.1) is 11.3 Å². The third kappa shape index (κ3) is 4.54. The minimum absolute atomic E-state index is 0.0354. The van der Waals surface area contributed by atoms with Crippen molar-refractivity contribution >= 4 is 40.7 Å². The van der Waals surface area contributed by atoms with Crippen LogP contribution in [0.3, 0.4) is 0 Å². The Morgan fingerprint density at radius 3 is 3.00 bits per heavy atom. The van der Waals surface area contributed by atoms with Crippen molar-refractivity contribution in [1.29, 1.82) is 0 Å². The summed E-state index contributed by atoms with van der Waals surface area (Å²) < 4.78 is 5.12. The molecule has 0 bridgehead atoms. The Labute approximate surface area is 134 Å². The van der Waals surface area contributed by atoms with E-state index in [1.165, 1.54) is 29.7 Å². The summed E-state index contributed by atoms with van der Waals surface area (Å²) in [7, 11) is 0. The molecule has 2 aromatic rings. The number of hydrogen-bond donors (Lipinski definition) is 1. The maximum absolute atomic E-state index is 11.6. The molecule has 1 heterocycles. The van der Waals surface area contributed by atoms with Crippen molar-refractivity contribution in [1.82, 2.24) is 5.43 Å². The molecule has 0 fully saturated rings. The summed E-state index contributed by atoms with van der Waals surface area (Å²) >= 11 is 7.16. The van der Waals surface area contributed by atoms with Gasteiger partial charge in [0.25, 0.3) is 5.91 Å². The van der Waals surface area contributed by atoms with Crippen molar-refractivity contribution in [3.05, 3.63) is 55.7 Å². The van der Waals surface area contributed by atoms with E-state index in [4.69, 9.17) is 16.3 Å². The summed E-state index contributed by atoms with van der Waals surface area (Å²) in [4.78, 5) is 22.7. The molecule has 0 aliphatic rings. The fourth-order valence-electron chi connectivity index (χ4n) is 1.46. The van der Waals surface area contributed by atoms with Gasteiger partial charge in [-0.2, -0.15) is 5.10 Å². The van der Waals surface area contributed by atoms with Crippen LogP contribution in [0.4, 0.5) is 5.69 Å². The van der Waals surface area contributed by atoms with Gasteiger partial charge in [-0.25, -0.2) is 5.43 Å². The highest BCUT2D eigenvalue weighted by molar-refractivity contribution is 7.11. The molecule has 0 spiro atoms. The topological polar surface area (TPSA) is 93.8 Å². The lowest BCUT2D eigenvalue weighted by Crippen LogP contribution is -2.24. The highest BCUT2D eigenvalue weighted by Gasteiger charge is 2.16. The van der Waals surface area contributed by atoms with Gasteiger partial charge in [0, 0.05) is 16.0 Å². The number of halogens is 1. The number of nitrogens with zero attached hydrogens (tertiary/aromatic N) is 2. The largest absolute Gasteiger partial charge is 0.477 e. The SMILES string of the molecule is O=C(COc1ccc(Cl)cc1[N+](=O)[O-])N/N=C/c1cccs1. The van der Waals surface area contributed by atoms with Gasteiger partial charge >= 0.3 is 5.69 Å². The number of carbonyl (C=O) groups is 1. The third-order valence-corrected chi connectivity index (χ3v) is 3.44. The average Bonchev–Trinajstić information content (AvgIpc) is 2.99. The van der Waals surface area contributed by atoms with Gasteiger partial charge in [-0.1, -0.05) is 17.7 Å². The second kappa shape index (κ2) is 7.53. The number of nitro benzene ring substituents is 1. The molecule has 22 heavy (non-hydrogen) atoms. The van der Waals surface area contributed by atoms with Crippen molar-refractivity contribution in [2.24, 2.45) is 5.10 Å². The molecular weight excluding hydrogens is 330 g/mol. The number of benzene rings is 1. The Bertz CT molecular complexity index is 703. The number of amides is 1. The van der Waals surface area contributed by atoms with E-state index in [2.05, 4.69) is 10.5 Å². The van der Waals surface area contributed by atoms with Gasteiger partial charge in [0.15, 0.2) is 12.4 Å². The lowest BCUT2D eigenvalue weighted by atomic mass is 10.3. The average molecular weight is 340 g/mol. The number of hydrogen-bond acceptors (Lipinski definition) is 6. The first kappa shape index (κ1) is 15.9. The molecule has 0 aliphatic heterocycles. The molecule has 9 heteroatoms. The monoisotopic (exact) mass is 339 g/mol. The lowest BCUT2D eigenvalue weighted by molar-refractivity contribution is -0.385. The zero-order chi connectivity index (χ0) is 15.9. The van der Waals surface area contributed by atoms with Crippen molar-refractivity contribution < 1.29 is 14.5 Å². The van der Waals surface area contributed by atoms with E-state index in [0.29, 0.717) is 0 Å². The summed E-state index contributed by atoms with van der Waals surface area (Å²) in [5, 5.41) is 16.7. The van der Waals surface area contributed by atoms with Crippen molar-refractivity contribution in [2.75, 3.05) is 6.61 Å². The first-order chi connectivity index (χ1) is 10.6. The molecule has 0 saturated heterocycles. The second-order valence-corrected chi connectivity index (χ2v) is 5.38. The van der Waals surface area contributed by atoms with Gasteiger partial charge in [0.1, 0.15) is 0 Å². The van der Waals surface area contributed by atoms with Crippen LogP contribution in [0.15, 0.2) is 40.8 Å². The van der Waals surface area contributed by atoms with E-state index < -0.39 is 17.4 Å². The molecule has 1 amide bonds. The molecule has 114 valence electrons. The molecule has 1 N–H and O–H groups in total. The number of carbonyl (C=O) groups excluding carboxylic acids is 1. The maximum atomic E-state index is 11.6. The van der Waals surface area contributed by atoms with Crippen LogP contribution in [0.1, 0.15) is 4.88 Å². The zero-order valence-electron chi connectivity index (χ0n) is 11.1. The Morgan fingerprint density at radius 1 is 1.50 bits per heavy atom. The molecule has 1 aromatic carbocycles. The number of hydrazone groups is 1. The van der Waals surface area contributed by atoms with Crippen LogP contribution in [0.2, 0.25) is 5.02 Å². The summed E-state index contributed by atoms with van der Waals surface area (Å²) in [6.45, 7) is -0.399. The quantitative estimate of drug-likeness (QED) is 0.497. The molecule has 0 saturated carbocycles. The van der Waals surface area contributed by atoms with Crippen LogP contribution in [0, 0.1) is 10.1 Å². The highest BCUT2D eigenvalue weighted by atomic mass is 35.5. The standard InChI is InChI=1S/C13H10ClN3O4S/c14-9-3-4-12(11(6-9)17(19)20)21-8-13(18)16-15-7-10-2-1-5-22-10/h1-7H,8H2,(H,16,18)/b15-7+. The number of rotatable bonds is 6. The Kier molecular flexibility index (Phi) is 5.45. The van der Waals surface area contributed by atoms with E-state index in [0.717, 1.165) is 10.9 Å². The summed E-state index contributed by atoms with van der Waals surface area (Å²) in [5.74, 6) is -0.566. The second-order valence-electron chi connectivity index (χ2n) is 3.97. The molecule has 0 atom stereocenters. The predicted octanol–water partition coefficient (Wildman–Crippen LogP) is 2.84. The van der Waals surface area contributed by atoms with Crippen LogP contribution in [-0.4, -0.2) is 23.7 Å². The highest BCUT2D eigenvalue weighted by Crippen LogP contribution is 2.29. The van der Waals surface area contributed by atoms with Gasteiger partial charge in [-0.3, -0.25) is 14.9 Å². The van der Waals surface area contributed by atoms with Crippen LogP contribution in [-0.2, 0) is 4.79 Å². The molecule has 1 aromatic heterocycles. The van der Waals surface area contributed by atoms with Crippen molar-refractivity contribution in [2.45, 2.75) is 0 Å². The van der Waals surface area contributed by atoms with Crippen LogP contribution < -0.4 is 10.2 Å². The van der Waals surface area contributed by atoms with Crippen molar-refractivity contribution in [3.8, 4) is 5.75 Å². The van der Waals surface area contributed by atoms with Crippen molar-refractivity contribution in [3.63, 3.8) is 0 Å².